The third kappa shape index (κ3) is 8.64. The first-order chi connectivity index (χ1) is 13.6. The lowest BCUT2D eigenvalue weighted by molar-refractivity contribution is -0.597. The van der Waals surface area contributed by atoms with Crippen LogP contribution in [0, 0.1) is 25.8 Å². The molecule has 0 atom stereocenters. The second-order valence-corrected chi connectivity index (χ2v) is 11.4. The van der Waals surface area contributed by atoms with Crippen molar-refractivity contribution in [3.8, 4) is 0 Å². The highest BCUT2D eigenvalue weighted by Gasteiger charge is 2.14. The van der Waals surface area contributed by atoms with Crippen LogP contribution in [0.2, 0.25) is 0 Å². The Balaban J connectivity index is 0.000000234. The Morgan fingerprint density at radius 1 is 0.862 bits per heavy atom. The molecule has 0 heterocycles. The average molecular weight is 526 g/mol. The van der Waals surface area contributed by atoms with Crippen LogP contribution in [0.5, 0.6) is 0 Å². The molecule has 0 unspecified atom stereocenters. The van der Waals surface area contributed by atoms with Gasteiger partial charge < -0.3 is 4.55 Å². The molecular formula is C23H24FIO3S. The van der Waals surface area contributed by atoms with Crippen LogP contribution in [0.1, 0.15) is 25.0 Å². The van der Waals surface area contributed by atoms with E-state index in [-0.39, 0.29) is 21.2 Å². The van der Waals surface area contributed by atoms with Crippen molar-refractivity contribution in [1.29, 1.82) is 0 Å². The van der Waals surface area contributed by atoms with Gasteiger partial charge in [0.2, 0.25) is 0 Å². The third-order valence-corrected chi connectivity index (χ3v) is 7.42. The predicted octanol–water partition coefficient (Wildman–Crippen LogP) is 2.05. The van der Waals surface area contributed by atoms with Crippen molar-refractivity contribution in [3.05, 3.63) is 96.9 Å². The topological polar surface area (TPSA) is 57.2 Å². The maximum absolute atomic E-state index is 12.2. The number of aryl methyl sites for hydroxylation is 1. The first-order valence-corrected chi connectivity index (χ1v) is 12.7. The van der Waals surface area contributed by atoms with Crippen LogP contribution in [-0.4, -0.2) is 13.0 Å². The molecule has 0 amide bonds. The van der Waals surface area contributed by atoms with Crippen molar-refractivity contribution in [2.75, 3.05) is 0 Å². The fourth-order valence-corrected chi connectivity index (χ4v) is 5.11. The Morgan fingerprint density at radius 3 is 1.79 bits per heavy atom. The minimum atomic E-state index is -4.44. The van der Waals surface area contributed by atoms with Crippen LogP contribution < -0.4 is 21.2 Å². The normalized spacial score (nSPS) is 11.1. The van der Waals surface area contributed by atoms with Gasteiger partial charge in [-0.2, -0.15) is 0 Å². The molecule has 3 nitrogen and oxygen atoms in total. The summed E-state index contributed by atoms with van der Waals surface area (Å²) < 4.78 is 46.0. The Bertz CT molecular complexity index is 997. The summed E-state index contributed by atoms with van der Waals surface area (Å²) in [5.41, 5.74) is 2.80. The molecule has 154 valence electrons. The zero-order valence-corrected chi connectivity index (χ0v) is 19.6. The molecule has 0 saturated carbocycles. The Morgan fingerprint density at radius 2 is 1.34 bits per heavy atom. The van der Waals surface area contributed by atoms with Crippen molar-refractivity contribution < 1.29 is 38.6 Å². The average Bonchev–Trinajstić information content (AvgIpc) is 2.65. The van der Waals surface area contributed by atoms with Gasteiger partial charge in [0.15, 0.2) is 7.14 Å². The summed E-state index contributed by atoms with van der Waals surface area (Å²) in [5, 5.41) is 0. The minimum absolute atomic E-state index is 0.0179. The van der Waals surface area contributed by atoms with Gasteiger partial charge in [0.1, 0.15) is 15.9 Å². The molecule has 0 aromatic heterocycles. The molecule has 0 saturated heterocycles. The van der Waals surface area contributed by atoms with Crippen molar-refractivity contribution in [2.24, 2.45) is 5.92 Å². The lowest BCUT2D eigenvalue weighted by Crippen LogP contribution is -3.61. The van der Waals surface area contributed by atoms with Crippen LogP contribution in [0.4, 0.5) is 4.39 Å². The van der Waals surface area contributed by atoms with Crippen LogP contribution in [0.15, 0.2) is 77.7 Å². The summed E-state index contributed by atoms with van der Waals surface area (Å²) in [4.78, 5) is -0.418. The summed E-state index contributed by atoms with van der Waals surface area (Å²) >= 11 is -0.0179. The number of rotatable bonds is 5. The molecule has 0 radical (unpaired) electrons. The molecule has 0 fully saturated rings. The van der Waals surface area contributed by atoms with E-state index in [2.05, 4.69) is 69.3 Å². The first-order valence-electron chi connectivity index (χ1n) is 9.15. The van der Waals surface area contributed by atoms with Gasteiger partial charge in [0, 0.05) is 0 Å². The lowest BCUT2D eigenvalue weighted by Gasteiger charge is -2.04. The van der Waals surface area contributed by atoms with Crippen molar-refractivity contribution >= 4 is 10.1 Å². The molecule has 3 aromatic carbocycles. The lowest BCUT2D eigenvalue weighted by atomic mass is 10.0. The first kappa shape index (κ1) is 23.5. The van der Waals surface area contributed by atoms with Gasteiger partial charge in [0.05, 0.1) is 4.90 Å². The fraction of sp³-hybridized carbons (Fsp3) is 0.217. The molecule has 0 aliphatic rings. The Kier molecular flexibility index (Phi) is 8.79. The second kappa shape index (κ2) is 10.8. The predicted molar refractivity (Wildman–Crippen MR) is 108 cm³/mol. The van der Waals surface area contributed by atoms with Crippen LogP contribution in [-0.2, 0) is 16.5 Å². The van der Waals surface area contributed by atoms with Crippen molar-refractivity contribution in [3.63, 3.8) is 0 Å². The SMILES string of the molecule is Cc1ccc([I+]c2ccc(CC(C)C)cc2)cc1.O=S(=O)([O-])c1ccc(F)cc1. The van der Waals surface area contributed by atoms with E-state index in [1.54, 1.807) is 0 Å². The van der Waals surface area contributed by atoms with E-state index in [1.165, 1.54) is 24.7 Å². The van der Waals surface area contributed by atoms with Crippen LogP contribution in [0.3, 0.4) is 0 Å². The summed E-state index contributed by atoms with van der Waals surface area (Å²) in [6, 6.07) is 21.9. The standard InChI is InChI=1S/C17H20I.C6H5FO3S/c1-13(2)12-15-6-10-17(11-7-15)18-16-8-4-14(3)5-9-16;7-5-1-3-6(4-2-5)11(8,9)10/h4-11,13H,12H2,1-3H3;1-4H,(H,8,9,10)/q+1;/p-1. The fourth-order valence-electron chi connectivity index (χ4n) is 2.48. The second-order valence-electron chi connectivity index (χ2n) is 7.02. The van der Waals surface area contributed by atoms with E-state index >= 15 is 0 Å². The van der Waals surface area contributed by atoms with Gasteiger partial charge in [-0.25, -0.2) is 12.8 Å². The maximum atomic E-state index is 12.2. The van der Waals surface area contributed by atoms with E-state index in [0.29, 0.717) is 0 Å². The molecule has 3 rings (SSSR count). The molecule has 0 aliphatic carbocycles. The summed E-state index contributed by atoms with van der Waals surface area (Å²) in [5.74, 6) is 0.167. The zero-order valence-electron chi connectivity index (χ0n) is 16.6. The Hall–Kier alpha value is -1.77. The summed E-state index contributed by atoms with van der Waals surface area (Å²) in [7, 11) is -4.44. The molecule has 3 aromatic rings. The van der Waals surface area contributed by atoms with E-state index in [9.17, 15) is 17.4 Å². The van der Waals surface area contributed by atoms with Gasteiger partial charge in [0.25, 0.3) is 0 Å². The molecular weight excluding hydrogens is 502 g/mol. The molecule has 0 spiro atoms. The molecule has 6 heteroatoms. The molecule has 0 bridgehead atoms. The molecule has 0 aliphatic heterocycles. The smallest absolute Gasteiger partial charge is 0.357 e. The van der Waals surface area contributed by atoms with Gasteiger partial charge in [-0.05, 0) is 73.4 Å². The molecule has 29 heavy (non-hydrogen) atoms. The van der Waals surface area contributed by atoms with E-state index < -0.39 is 20.8 Å². The van der Waals surface area contributed by atoms with Gasteiger partial charge in [-0.15, -0.1) is 0 Å². The third-order valence-electron chi connectivity index (χ3n) is 3.89. The van der Waals surface area contributed by atoms with Crippen LogP contribution >= 0.6 is 0 Å². The summed E-state index contributed by atoms with van der Waals surface area (Å²) in [6.45, 7) is 6.68. The molecule has 0 N–H and O–H groups in total. The quantitative estimate of drug-likeness (QED) is 0.378. The Labute approximate surface area is 183 Å². The van der Waals surface area contributed by atoms with Crippen molar-refractivity contribution in [1.82, 2.24) is 0 Å². The minimum Gasteiger partial charge on any atom is -0.744 e. The summed E-state index contributed by atoms with van der Waals surface area (Å²) in [6.07, 6.45) is 1.18. The van der Waals surface area contributed by atoms with E-state index in [1.807, 2.05) is 0 Å². The van der Waals surface area contributed by atoms with Crippen LogP contribution in [0.25, 0.3) is 0 Å². The number of hydrogen-bond acceptors (Lipinski definition) is 3. The van der Waals surface area contributed by atoms with Gasteiger partial charge in [-0.1, -0.05) is 43.7 Å². The monoisotopic (exact) mass is 526 g/mol. The largest absolute Gasteiger partial charge is 0.744 e. The van der Waals surface area contributed by atoms with E-state index in [0.717, 1.165) is 30.2 Å². The van der Waals surface area contributed by atoms with Crippen molar-refractivity contribution in [2.45, 2.75) is 32.1 Å². The van der Waals surface area contributed by atoms with Gasteiger partial charge in [-0.3, -0.25) is 0 Å². The number of benzene rings is 3. The number of halogens is 2. The highest BCUT2D eigenvalue weighted by atomic mass is 127. The zero-order chi connectivity index (χ0) is 21.4. The van der Waals surface area contributed by atoms with Gasteiger partial charge >= 0.3 is 21.2 Å². The maximum Gasteiger partial charge on any atom is 0.357 e. The van der Waals surface area contributed by atoms with E-state index in [4.69, 9.17) is 0 Å². The highest BCUT2D eigenvalue weighted by molar-refractivity contribution is 7.85. The highest BCUT2D eigenvalue weighted by Crippen LogP contribution is 2.08. The number of hydrogen-bond donors (Lipinski definition) is 0.